The molecule has 11 heteroatoms. The molecule has 0 spiro atoms. The van der Waals surface area contributed by atoms with Crippen molar-refractivity contribution in [1.29, 1.82) is 0 Å². The maximum atomic E-state index is 12.7. The van der Waals surface area contributed by atoms with Gasteiger partial charge in [0.1, 0.15) is 50.0 Å². The average Bonchev–Trinajstić information content (AvgIpc) is 3.03. The molecule has 0 aliphatic carbocycles. The van der Waals surface area contributed by atoms with Crippen LogP contribution in [0.2, 0.25) is 0 Å². The molecule has 0 N–H and O–H groups in total. The number of carbonyl (C=O) groups is 3. The van der Waals surface area contributed by atoms with E-state index in [1.165, 1.54) is 33.5 Å². The van der Waals surface area contributed by atoms with Crippen LogP contribution in [0.5, 0.6) is 0 Å². The summed E-state index contributed by atoms with van der Waals surface area (Å²) in [5, 5.41) is 2.04. The molecule has 9 nitrogen and oxygen atoms in total. The minimum Gasteiger partial charge on any atom is -0.744 e. The Morgan fingerprint density at radius 2 is 0.884 bits per heavy atom. The molecular formula is C32H31O9PS. The maximum Gasteiger partial charge on any atom is 0.341 e. The second kappa shape index (κ2) is 14.2. The van der Waals surface area contributed by atoms with Gasteiger partial charge in [-0.15, -0.1) is 0 Å². The zero-order chi connectivity index (χ0) is 31.8. The lowest BCUT2D eigenvalue weighted by atomic mass is 10.2. The van der Waals surface area contributed by atoms with Gasteiger partial charge in [-0.2, -0.15) is 0 Å². The predicted octanol–water partition coefficient (Wildman–Crippen LogP) is 3.87. The highest BCUT2D eigenvalue weighted by Crippen LogP contribution is 2.54. The lowest BCUT2D eigenvalue weighted by Gasteiger charge is -2.27. The van der Waals surface area contributed by atoms with Crippen molar-refractivity contribution in [3.63, 3.8) is 0 Å². The van der Waals surface area contributed by atoms with E-state index in [4.69, 9.17) is 14.2 Å². The second-order valence-electron chi connectivity index (χ2n) is 9.30. The van der Waals surface area contributed by atoms with Crippen LogP contribution in [0, 0.1) is 6.92 Å². The molecule has 4 rings (SSSR count). The van der Waals surface area contributed by atoms with Crippen molar-refractivity contribution in [2.45, 2.75) is 11.8 Å². The van der Waals surface area contributed by atoms with Crippen LogP contribution in [-0.2, 0) is 24.3 Å². The first-order valence-corrected chi connectivity index (χ1v) is 16.5. The Labute approximate surface area is 251 Å². The standard InChI is InChI=1S/C25H24O6P.C7H8O3S/c1-29-23(26)17-11-5-8-14-20(17)32(4,21-15-9-6-12-18(21)24(27)30-2)22-16-10-7-13-19(22)25(28)31-3;1-6-2-4-7(5-3-6)11(8,9)10/h5-16H,1-4H3;2-5H,1H3,(H,8,9,10)/q+1;/p-1. The molecule has 0 amide bonds. The van der Waals surface area contributed by atoms with Crippen LogP contribution in [0.25, 0.3) is 0 Å². The van der Waals surface area contributed by atoms with Crippen LogP contribution in [0.4, 0.5) is 0 Å². The summed E-state index contributed by atoms with van der Waals surface area (Å²) in [6.07, 6.45) is 0. The largest absolute Gasteiger partial charge is 0.744 e. The van der Waals surface area contributed by atoms with Crippen molar-refractivity contribution in [1.82, 2.24) is 0 Å². The Hall–Kier alpha value is -4.37. The quantitative estimate of drug-likeness (QED) is 0.130. The van der Waals surface area contributed by atoms with E-state index in [0.29, 0.717) is 32.6 Å². The molecular weight excluding hydrogens is 591 g/mol. The molecule has 0 bridgehead atoms. The SMILES string of the molecule is COC(=O)c1ccccc1[P+](C)(c1ccccc1C(=O)OC)c1ccccc1C(=O)OC.Cc1ccc(S(=O)(=O)[O-])cc1. The highest BCUT2D eigenvalue weighted by Gasteiger charge is 2.48. The Morgan fingerprint density at radius 3 is 1.16 bits per heavy atom. The molecule has 0 aliphatic rings. The number of methoxy groups -OCH3 is 3. The van der Waals surface area contributed by atoms with Crippen LogP contribution in [-0.4, -0.2) is 58.9 Å². The summed E-state index contributed by atoms with van der Waals surface area (Å²) in [7, 11) is -3.06. The predicted molar refractivity (Wildman–Crippen MR) is 164 cm³/mol. The maximum absolute atomic E-state index is 12.7. The monoisotopic (exact) mass is 622 g/mol. The third-order valence-corrected chi connectivity index (χ3v) is 11.6. The summed E-state index contributed by atoms with van der Waals surface area (Å²) in [5.74, 6) is -1.51. The number of ether oxygens (including phenoxy) is 3. The molecule has 0 unspecified atom stereocenters. The highest BCUT2D eigenvalue weighted by molar-refractivity contribution is 7.95. The Kier molecular flexibility index (Phi) is 10.9. The summed E-state index contributed by atoms with van der Waals surface area (Å²) in [4.78, 5) is 37.9. The zero-order valence-corrected chi connectivity index (χ0v) is 26.0. The molecule has 0 aromatic heterocycles. The lowest BCUT2D eigenvalue weighted by molar-refractivity contribution is 0.0593. The van der Waals surface area contributed by atoms with Crippen molar-refractivity contribution in [3.05, 3.63) is 119 Å². The van der Waals surface area contributed by atoms with Crippen LogP contribution >= 0.6 is 7.26 Å². The number of hydrogen-bond donors (Lipinski definition) is 0. The number of rotatable bonds is 7. The normalized spacial score (nSPS) is 11.0. The number of benzene rings is 4. The molecule has 224 valence electrons. The summed E-state index contributed by atoms with van der Waals surface area (Å²) < 4.78 is 46.3. The number of hydrogen-bond acceptors (Lipinski definition) is 9. The Balaban J connectivity index is 0.000000386. The fourth-order valence-corrected chi connectivity index (χ4v) is 8.88. The Bertz CT molecular complexity index is 1590. The van der Waals surface area contributed by atoms with Crippen molar-refractivity contribution >= 4 is 51.2 Å². The van der Waals surface area contributed by atoms with E-state index in [1.54, 1.807) is 48.5 Å². The molecule has 4 aromatic rings. The van der Waals surface area contributed by atoms with Crippen LogP contribution < -0.4 is 15.9 Å². The third kappa shape index (κ3) is 7.35. The first-order chi connectivity index (χ1) is 20.4. The van der Waals surface area contributed by atoms with Gasteiger partial charge < -0.3 is 18.8 Å². The van der Waals surface area contributed by atoms with Crippen molar-refractivity contribution in [2.24, 2.45) is 0 Å². The van der Waals surface area contributed by atoms with E-state index >= 15 is 0 Å². The van der Waals surface area contributed by atoms with E-state index < -0.39 is 35.3 Å². The molecule has 0 heterocycles. The van der Waals surface area contributed by atoms with E-state index in [1.807, 2.05) is 50.0 Å². The number of aryl methyl sites for hydroxylation is 1. The van der Waals surface area contributed by atoms with Gasteiger partial charge in [0, 0.05) is 0 Å². The van der Waals surface area contributed by atoms with E-state index in [9.17, 15) is 27.4 Å². The third-order valence-electron chi connectivity index (χ3n) is 6.68. The van der Waals surface area contributed by atoms with Gasteiger partial charge in [-0.25, -0.2) is 22.8 Å². The van der Waals surface area contributed by atoms with Crippen molar-refractivity contribution in [2.75, 3.05) is 28.0 Å². The second-order valence-corrected chi connectivity index (χ2v) is 14.1. The summed E-state index contributed by atoms with van der Waals surface area (Å²) in [6, 6.07) is 27.0. The van der Waals surface area contributed by atoms with E-state index in [-0.39, 0.29) is 4.90 Å². The van der Waals surface area contributed by atoms with Gasteiger partial charge in [0.05, 0.1) is 32.9 Å². The lowest BCUT2D eigenvalue weighted by Crippen LogP contribution is -2.38. The van der Waals surface area contributed by atoms with Gasteiger partial charge >= 0.3 is 17.9 Å². The summed E-state index contributed by atoms with van der Waals surface area (Å²) in [6.45, 7) is 3.79. The first-order valence-electron chi connectivity index (χ1n) is 12.8. The molecule has 0 saturated carbocycles. The first kappa shape index (κ1) is 33.1. The van der Waals surface area contributed by atoms with Gasteiger partial charge in [0.25, 0.3) is 0 Å². The minimum absolute atomic E-state index is 0.178. The summed E-state index contributed by atoms with van der Waals surface area (Å²) in [5.41, 5.74) is 2.03. The summed E-state index contributed by atoms with van der Waals surface area (Å²) >= 11 is 0. The van der Waals surface area contributed by atoms with Crippen LogP contribution in [0.15, 0.2) is 102 Å². The highest BCUT2D eigenvalue weighted by atomic mass is 32.2. The topological polar surface area (TPSA) is 136 Å². The van der Waals surface area contributed by atoms with Gasteiger partial charge in [-0.3, -0.25) is 0 Å². The van der Waals surface area contributed by atoms with Crippen LogP contribution in [0.1, 0.15) is 36.6 Å². The molecule has 0 atom stereocenters. The van der Waals surface area contributed by atoms with Crippen LogP contribution in [0.3, 0.4) is 0 Å². The fourth-order valence-electron chi connectivity index (χ4n) is 4.53. The Morgan fingerprint density at radius 1 is 0.581 bits per heavy atom. The fraction of sp³-hybridized carbons (Fsp3) is 0.156. The average molecular weight is 623 g/mol. The van der Waals surface area contributed by atoms with Gasteiger partial charge in [-0.1, -0.05) is 54.1 Å². The van der Waals surface area contributed by atoms with E-state index in [0.717, 1.165) is 5.56 Å². The van der Waals surface area contributed by atoms with Crippen molar-refractivity contribution in [3.8, 4) is 0 Å². The minimum atomic E-state index is -4.27. The smallest absolute Gasteiger partial charge is 0.341 e. The molecule has 4 aromatic carbocycles. The molecule has 0 radical (unpaired) electrons. The number of esters is 3. The van der Waals surface area contributed by atoms with Gasteiger partial charge in [0.15, 0.2) is 0 Å². The molecule has 0 aliphatic heterocycles. The molecule has 0 saturated heterocycles. The molecule has 0 fully saturated rings. The van der Waals surface area contributed by atoms with Gasteiger partial charge in [0.2, 0.25) is 0 Å². The van der Waals surface area contributed by atoms with E-state index in [2.05, 4.69) is 0 Å². The van der Waals surface area contributed by atoms with Crippen molar-refractivity contribution < 1.29 is 41.6 Å². The molecule has 43 heavy (non-hydrogen) atoms. The van der Waals surface area contributed by atoms with Gasteiger partial charge in [-0.05, 0) is 55.5 Å². The zero-order valence-electron chi connectivity index (χ0n) is 24.3. The number of carbonyl (C=O) groups excluding carboxylic acids is 3.